The quantitative estimate of drug-likeness (QED) is 0.772. The fraction of sp³-hybridized carbons (Fsp3) is 0.133. The number of aromatic nitrogens is 3. The van der Waals surface area contributed by atoms with Crippen molar-refractivity contribution in [1.82, 2.24) is 20.3 Å². The highest BCUT2D eigenvalue weighted by Crippen LogP contribution is 2.16. The van der Waals surface area contributed by atoms with Crippen molar-refractivity contribution < 1.29 is 0 Å². The lowest BCUT2D eigenvalue weighted by Crippen LogP contribution is -2.14. The maximum Gasteiger partial charge on any atom is 0.115 e. The number of pyridine rings is 1. The fourth-order valence-electron chi connectivity index (χ4n) is 2.07. The molecular weight excluding hydrogens is 236 g/mol. The summed E-state index contributed by atoms with van der Waals surface area (Å²) in [4.78, 5) is 12.4. The van der Waals surface area contributed by atoms with E-state index in [-0.39, 0.29) is 0 Å². The molecule has 0 aliphatic carbocycles. The van der Waals surface area contributed by atoms with Crippen molar-refractivity contribution in [3.8, 4) is 0 Å². The minimum absolute atomic E-state index is 0.728. The molecule has 4 nitrogen and oxygen atoms in total. The van der Waals surface area contributed by atoms with Gasteiger partial charge in [-0.3, -0.25) is 4.98 Å². The molecule has 3 aromatic rings. The minimum atomic E-state index is 0.728. The lowest BCUT2D eigenvalue weighted by molar-refractivity contribution is 0.679. The second-order valence-electron chi connectivity index (χ2n) is 4.32. The first-order valence-corrected chi connectivity index (χ1v) is 6.21. The summed E-state index contributed by atoms with van der Waals surface area (Å²) in [5.41, 5.74) is 2.19. The zero-order valence-corrected chi connectivity index (χ0v) is 10.5. The second-order valence-corrected chi connectivity index (χ2v) is 4.32. The number of hydrogen-bond acceptors (Lipinski definition) is 4. The fourth-order valence-corrected chi connectivity index (χ4v) is 2.07. The average molecular weight is 250 g/mol. The molecule has 2 aromatic heterocycles. The zero-order chi connectivity index (χ0) is 12.9. The van der Waals surface area contributed by atoms with E-state index < -0.39 is 0 Å². The molecule has 0 fully saturated rings. The Bertz CT molecular complexity index is 662. The molecule has 0 amide bonds. The summed E-state index contributed by atoms with van der Waals surface area (Å²) in [5.74, 6) is 0. The van der Waals surface area contributed by atoms with Crippen LogP contribution in [0.1, 0.15) is 11.3 Å². The number of hydrogen-bond donors (Lipinski definition) is 1. The Hall–Kier alpha value is -2.33. The van der Waals surface area contributed by atoms with Crippen LogP contribution in [0.3, 0.4) is 0 Å². The topological polar surface area (TPSA) is 50.7 Å². The monoisotopic (exact) mass is 250 g/mol. The summed E-state index contributed by atoms with van der Waals surface area (Å²) in [7, 11) is 0. The van der Waals surface area contributed by atoms with Gasteiger partial charge in [0.15, 0.2) is 0 Å². The van der Waals surface area contributed by atoms with Gasteiger partial charge < -0.3 is 5.32 Å². The largest absolute Gasteiger partial charge is 0.307 e. The number of nitrogens with zero attached hydrogens (tertiary/aromatic N) is 3. The first kappa shape index (κ1) is 11.7. The lowest BCUT2D eigenvalue weighted by Gasteiger charge is -2.07. The summed E-state index contributed by atoms with van der Waals surface area (Å²) < 4.78 is 0. The highest BCUT2D eigenvalue weighted by atomic mass is 14.9. The van der Waals surface area contributed by atoms with Gasteiger partial charge in [0.2, 0.25) is 0 Å². The molecular formula is C15H14N4. The molecule has 19 heavy (non-hydrogen) atoms. The van der Waals surface area contributed by atoms with E-state index >= 15 is 0 Å². The van der Waals surface area contributed by atoms with Gasteiger partial charge in [0.05, 0.1) is 5.69 Å². The Kier molecular flexibility index (Phi) is 3.42. The maximum absolute atomic E-state index is 4.27. The first-order chi connectivity index (χ1) is 9.43. The molecule has 0 unspecified atom stereocenters. The highest BCUT2D eigenvalue weighted by molar-refractivity contribution is 5.84. The lowest BCUT2D eigenvalue weighted by atomic mass is 10.1. The van der Waals surface area contributed by atoms with Crippen molar-refractivity contribution in [2.45, 2.75) is 13.1 Å². The van der Waals surface area contributed by atoms with Crippen molar-refractivity contribution in [2.75, 3.05) is 0 Å². The van der Waals surface area contributed by atoms with Crippen LogP contribution in [-0.4, -0.2) is 15.0 Å². The molecule has 4 heteroatoms. The molecule has 2 heterocycles. The van der Waals surface area contributed by atoms with E-state index in [9.17, 15) is 0 Å². The van der Waals surface area contributed by atoms with Crippen molar-refractivity contribution in [2.24, 2.45) is 0 Å². The van der Waals surface area contributed by atoms with E-state index in [1.807, 2.05) is 24.5 Å². The van der Waals surface area contributed by atoms with Gasteiger partial charge in [-0.1, -0.05) is 24.3 Å². The van der Waals surface area contributed by atoms with E-state index in [0.717, 1.165) is 18.8 Å². The molecule has 1 aromatic carbocycles. The molecule has 3 rings (SSSR count). The zero-order valence-electron chi connectivity index (χ0n) is 10.5. The smallest absolute Gasteiger partial charge is 0.115 e. The molecule has 0 atom stereocenters. The summed E-state index contributed by atoms with van der Waals surface area (Å²) in [6.07, 6.45) is 7.12. The Labute approximate surface area is 111 Å². The highest BCUT2D eigenvalue weighted by Gasteiger charge is 2.01. The summed E-state index contributed by atoms with van der Waals surface area (Å²) >= 11 is 0. The molecule has 0 radical (unpaired) electrons. The van der Waals surface area contributed by atoms with Crippen LogP contribution < -0.4 is 5.32 Å². The minimum Gasteiger partial charge on any atom is -0.307 e. The third-order valence-corrected chi connectivity index (χ3v) is 3.02. The van der Waals surface area contributed by atoms with Crippen LogP contribution in [-0.2, 0) is 13.1 Å². The van der Waals surface area contributed by atoms with Crippen LogP contribution >= 0.6 is 0 Å². The molecule has 0 aliphatic heterocycles. The molecule has 0 bridgehead atoms. The van der Waals surface area contributed by atoms with Gasteiger partial charge >= 0.3 is 0 Å². The summed E-state index contributed by atoms with van der Waals surface area (Å²) in [6.45, 7) is 1.50. The summed E-state index contributed by atoms with van der Waals surface area (Å²) in [5, 5.41) is 5.79. The van der Waals surface area contributed by atoms with Crippen molar-refractivity contribution in [3.63, 3.8) is 0 Å². The Morgan fingerprint density at radius 2 is 1.89 bits per heavy atom. The van der Waals surface area contributed by atoms with Crippen molar-refractivity contribution >= 4 is 10.8 Å². The summed E-state index contributed by atoms with van der Waals surface area (Å²) in [6, 6.07) is 10.2. The van der Waals surface area contributed by atoms with Crippen LogP contribution in [0.5, 0.6) is 0 Å². The molecule has 0 saturated carbocycles. The van der Waals surface area contributed by atoms with E-state index in [4.69, 9.17) is 0 Å². The van der Waals surface area contributed by atoms with Gasteiger partial charge in [0.1, 0.15) is 6.33 Å². The normalized spacial score (nSPS) is 10.7. The van der Waals surface area contributed by atoms with Crippen LogP contribution in [0.4, 0.5) is 0 Å². The van der Waals surface area contributed by atoms with E-state index in [1.165, 1.54) is 16.3 Å². The van der Waals surface area contributed by atoms with Crippen LogP contribution in [0.2, 0.25) is 0 Å². The van der Waals surface area contributed by atoms with Crippen molar-refractivity contribution in [1.29, 1.82) is 0 Å². The molecule has 0 aliphatic rings. The van der Waals surface area contributed by atoms with E-state index in [0.29, 0.717) is 0 Å². The molecule has 94 valence electrons. The van der Waals surface area contributed by atoms with Crippen molar-refractivity contribution in [3.05, 3.63) is 66.5 Å². The van der Waals surface area contributed by atoms with E-state index in [1.54, 1.807) is 12.5 Å². The molecule has 0 spiro atoms. The van der Waals surface area contributed by atoms with Crippen LogP contribution in [0.25, 0.3) is 10.8 Å². The number of fused-ring (bicyclic) bond motifs is 1. The van der Waals surface area contributed by atoms with Gasteiger partial charge in [-0.15, -0.1) is 0 Å². The van der Waals surface area contributed by atoms with Gasteiger partial charge in [-0.2, -0.15) is 0 Å². The number of nitrogens with one attached hydrogen (secondary N) is 1. The number of benzene rings is 1. The van der Waals surface area contributed by atoms with Crippen LogP contribution in [0.15, 0.2) is 55.2 Å². The Morgan fingerprint density at radius 3 is 2.79 bits per heavy atom. The predicted molar refractivity (Wildman–Crippen MR) is 74.3 cm³/mol. The third kappa shape index (κ3) is 2.74. The Balaban J connectivity index is 1.72. The molecule has 1 N–H and O–H groups in total. The van der Waals surface area contributed by atoms with Crippen LogP contribution in [0, 0.1) is 0 Å². The van der Waals surface area contributed by atoms with Gasteiger partial charge in [-0.25, -0.2) is 9.97 Å². The average Bonchev–Trinajstić information content (AvgIpc) is 2.49. The Morgan fingerprint density at radius 1 is 0.947 bits per heavy atom. The second kappa shape index (κ2) is 5.54. The van der Waals surface area contributed by atoms with Gasteiger partial charge in [-0.05, 0) is 17.0 Å². The SMILES string of the molecule is c1ccc2c(CNCc3ccncn3)cncc2c1. The van der Waals surface area contributed by atoms with E-state index in [2.05, 4.69) is 38.5 Å². The predicted octanol–water partition coefficient (Wildman–Crippen LogP) is 2.31. The molecule has 0 saturated heterocycles. The third-order valence-electron chi connectivity index (χ3n) is 3.02. The maximum atomic E-state index is 4.27. The van der Waals surface area contributed by atoms with Gasteiger partial charge in [0.25, 0.3) is 0 Å². The standard InChI is InChI=1S/C15H14N4/c1-2-4-15-12(3-1)7-17-8-13(15)9-18-10-14-5-6-16-11-19-14/h1-8,11,18H,9-10H2. The van der Waals surface area contributed by atoms with Gasteiger partial charge in [0, 0.05) is 37.1 Å². The number of rotatable bonds is 4. The first-order valence-electron chi connectivity index (χ1n) is 6.21.